The molecule has 1 fully saturated rings. The number of hydrogen-bond donors (Lipinski definition) is 1. The Labute approximate surface area is 105 Å². The first-order chi connectivity index (χ1) is 8.16. The van der Waals surface area contributed by atoms with Gasteiger partial charge in [-0.3, -0.25) is 4.79 Å². The molecule has 0 radical (unpaired) electrons. The van der Waals surface area contributed by atoms with Gasteiger partial charge in [0.1, 0.15) is 5.78 Å². The van der Waals surface area contributed by atoms with Gasteiger partial charge in [-0.05, 0) is 39.7 Å². The predicted octanol–water partition coefficient (Wildman–Crippen LogP) is 2.13. The maximum absolute atomic E-state index is 12.7. The first-order valence-electron chi connectivity index (χ1n) is 6.18. The van der Waals surface area contributed by atoms with E-state index < -0.39 is 11.8 Å². The maximum atomic E-state index is 12.7. The van der Waals surface area contributed by atoms with Crippen molar-refractivity contribution in [2.24, 2.45) is 0 Å². The lowest BCUT2D eigenvalue weighted by molar-refractivity contribution is -0.263. The SMILES string of the molecule is CC(=O)CC(C)N1CCCC(O)(C(F)(F)F)CC1. The van der Waals surface area contributed by atoms with Crippen molar-refractivity contribution >= 4 is 5.78 Å². The van der Waals surface area contributed by atoms with Crippen LogP contribution in [0.4, 0.5) is 13.2 Å². The third-order valence-electron chi connectivity index (χ3n) is 3.58. The molecule has 0 aromatic carbocycles. The van der Waals surface area contributed by atoms with Crippen LogP contribution in [0, 0.1) is 0 Å². The van der Waals surface area contributed by atoms with E-state index in [1.54, 1.807) is 0 Å². The van der Waals surface area contributed by atoms with E-state index in [1.165, 1.54) is 6.92 Å². The summed E-state index contributed by atoms with van der Waals surface area (Å²) in [6.07, 6.45) is -4.53. The fourth-order valence-corrected chi connectivity index (χ4v) is 2.41. The topological polar surface area (TPSA) is 40.5 Å². The zero-order valence-electron chi connectivity index (χ0n) is 10.8. The fraction of sp³-hybridized carbons (Fsp3) is 0.917. The van der Waals surface area contributed by atoms with Gasteiger partial charge in [0.15, 0.2) is 5.60 Å². The number of rotatable bonds is 3. The molecule has 6 heteroatoms. The summed E-state index contributed by atoms with van der Waals surface area (Å²) in [5.41, 5.74) is -2.57. The second-order valence-electron chi connectivity index (χ2n) is 5.17. The molecule has 0 aromatic rings. The molecule has 0 aromatic heterocycles. The zero-order valence-corrected chi connectivity index (χ0v) is 10.8. The largest absolute Gasteiger partial charge is 0.417 e. The highest BCUT2D eigenvalue weighted by atomic mass is 19.4. The van der Waals surface area contributed by atoms with E-state index >= 15 is 0 Å². The summed E-state index contributed by atoms with van der Waals surface area (Å²) in [6, 6.07) is -0.0712. The van der Waals surface area contributed by atoms with Crippen molar-refractivity contribution in [1.29, 1.82) is 0 Å². The molecule has 1 rings (SSSR count). The van der Waals surface area contributed by atoms with Crippen molar-refractivity contribution in [3.05, 3.63) is 0 Å². The molecule has 1 aliphatic heterocycles. The molecule has 106 valence electrons. The molecule has 1 heterocycles. The molecule has 1 saturated heterocycles. The first-order valence-corrected chi connectivity index (χ1v) is 6.18. The molecular weight excluding hydrogens is 247 g/mol. The maximum Gasteiger partial charge on any atom is 0.417 e. The standard InChI is InChI=1S/C12H20F3NO2/c1-9(8-10(2)17)16-6-3-4-11(18,5-7-16)12(13,14)15/h9,18H,3-8H2,1-2H3. The second kappa shape index (κ2) is 5.57. The van der Waals surface area contributed by atoms with Crippen LogP contribution in [-0.4, -0.2) is 46.7 Å². The van der Waals surface area contributed by atoms with Gasteiger partial charge < -0.3 is 10.0 Å². The van der Waals surface area contributed by atoms with Crippen molar-refractivity contribution in [3.8, 4) is 0 Å². The van der Waals surface area contributed by atoms with Crippen LogP contribution in [0.1, 0.15) is 39.5 Å². The molecule has 0 spiro atoms. The summed E-state index contributed by atoms with van der Waals surface area (Å²) in [6.45, 7) is 3.97. The number of hydrogen-bond acceptors (Lipinski definition) is 3. The Morgan fingerprint density at radius 2 is 2.00 bits per heavy atom. The van der Waals surface area contributed by atoms with Crippen LogP contribution in [0.5, 0.6) is 0 Å². The quantitative estimate of drug-likeness (QED) is 0.851. The number of likely N-dealkylation sites (tertiary alicyclic amines) is 1. The highest BCUT2D eigenvalue weighted by Crippen LogP contribution is 2.38. The minimum Gasteiger partial charge on any atom is -0.380 e. The van der Waals surface area contributed by atoms with Gasteiger partial charge in [0, 0.05) is 19.0 Å². The van der Waals surface area contributed by atoms with Crippen molar-refractivity contribution in [2.75, 3.05) is 13.1 Å². The number of ketones is 1. The van der Waals surface area contributed by atoms with Gasteiger partial charge in [-0.25, -0.2) is 0 Å². The van der Waals surface area contributed by atoms with Crippen LogP contribution in [0.3, 0.4) is 0 Å². The average Bonchev–Trinajstić information content (AvgIpc) is 2.39. The Morgan fingerprint density at radius 1 is 1.39 bits per heavy atom. The van der Waals surface area contributed by atoms with E-state index in [1.807, 2.05) is 11.8 Å². The third-order valence-corrected chi connectivity index (χ3v) is 3.58. The van der Waals surface area contributed by atoms with Crippen molar-refractivity contribution in [3.63, 3.8) is 0 Å². The van der Waals surface area contributed by atoms with E-state index in [-0.39, 0.29) is 37.6 Å². The summed E-state index contributed by atoms with van der Waals surface area (Å²) in [4.78, 5) is 12.9. The van der Waals surface area contributed by atoms with Gasteiger partial charge >= 0.3 is 6.18 Å². The van der Waals surface area contributed by atoms with Crippen molar-refractivity contribution in [1.82, 2.24) is 4.90 Å². The number of carbonyl (C=O) groups is 1. The second-order valence-corrected chi connectivity index (χ2v) is 5.17. The number of alkyl halides is 3. The van der Waals surface area contributed by atoms with Crippen LogP contribution in [0.15, 0.2) is 0 Å². The number of halogens is 3. The van der Waals surface area contributed by atoms with E-state index in [0.717, 1.165) is 0 Å². The van der Waals surface area contributed by atoms with Gasteiger partial charge in [-0.15, -0.1) is 0 Å². The molecule has 0 aliphatic carbocycles. The minimum absolute atomic E-state index is 0.0258. The van der Waals surface area contributed by atoms with E-state index in [4.69, 9.17) is 0 Å². The lowest BCUT2D eigenvalue weighted by Gasteiger charge is -2.30. The Kier molecular flexibility index (Phi) is 4.78. The summed E-state index contributed by atoms with van der Waals surface area (Å²) >= 11 is 0. The van der Waals surface area contributed by atoms with Gasteiger partial charge in [-0.1, -0.05) is 0 Å². The Morgan fingerprint density at radius 3 is 2.50 bits per heavy atom. The molecule has 0 saturated carbocycles. The highest BCUT2D eigenvalue weighted by molar-refractivity contribution is 5.76. The zero-order chi connectivity index (χ0) is 14.0. The smallest absolute Gasteiger partial charge is 0.380 e. The Hall–Kier alpha value is -0.620. The van der Waals surface area contributed by atoms with Crippen LogP contribution in [0.25, 0.3) is 0 Å². The number of nitrogens with zero attached hydrogens (tertiary/aromatic N) is 1. The summed E-state index contributed by atoms with van der Waals surface area (Å²) in [5.74, 6) is 0.0258. The Bertz CT molecular complexity index is 306. The molecular formula is C12H20F3NO2. The number of Topliss-reactive ketones (excluding diaryl/α,β-unsaturated/α-hetero) is 1. The average molecular weight is 267 g/mol. The normalized spacial score (nSPS) is 28.8. The first kappa shape index (κ1) is 15.4. The highest BCUT2D eigenvalue weighted by Gasteiger charge is 2.53. The monoisotopic (exact) mass is 267 g/mol. The molecule has 2 atom stereocenters. The number of aliphatic hydroxyl groups is 1. The summed E-state index contributed by atoms with van der Waals surface area (Å²) in [7, 11) is 0. The predicted molar refractivity (Wildman–Crippen MR) is 61.2 cm³/mol. The molecule has 0 amide bonds. The third kappa shape index (κ3) is 3.68. The van der Waals surface area contributed by atoms with Gasteiger partial charge in [-0.2, -0.15) is 13.2 Å². The van der Waals surface area contributed by atoms with E-state index in [9.17, 15) is 23.1 Å². The minimum atomic E-state index is -4.58. The molecule has 0 bridgehead atoms. The molecule has 1 aliphatic rings. The van der Waals surface area contributed by atoms with E-state index in [2.05, 4.69) is 0 Å². The van der Waals surface area contributed by atoms with Crippen molar-refractivity contribution < 1.29 is 23.1 Å². The summed E-state index contributed by atoms with van der Waals surface area (Å²) in [5, 5.41) is 9.65. The van der Waals surface area contributed by atoms with Crippen LogP contribution in [-0.2, 0) is 4.79 Å². The molecule has 1 N–H and O–H groups in total. The molecule has 2 unspecified atom stereocenters. The van der Waals surface area contributed by atoms with Crippen LogP contribution in [0.2, 0.25) is 0 Å². The Balaban J connectivity index is 2.64. The lowest BCUT2D eigenvalue weighted by Crippen LogP contribution is -2.46. The lowest BCUT2D eigenvalue weighted by atomic mass is 9.94. The molecule has 3 nitrogen and oxygen atoms in total. The summed E-state index contributed by atoms with van der Waals surface area (Å²) < 4.78 is 38.2. The van der Waals surface area contributed by atoms with Gasteiger partial charge in [0.25, 0.3) is 0 Å². The molecule has 18 heavy (non-hydrogen) atoms. The number of carbonyl (C=O) groups excluding carboxylic acids is 1. The van der Waals surface area contributed by atoms with Crippen LogP contribution >= 0.6 is 0 Å². The van der Waals surface area contributed by atoms with Crippen molar-refractivity contribution in [2.45, 2.75) is 57.3 Å². The fourth-order valence-electron chi connectivity index (χ4n) is 2.41. The van der Waals surface area contributed by atoms with E-state index in [0.29, 0.717) is 13.0 Å². The van der Waals surface area contributed by atoms with Gasteiger partial charge in [0.05, 0.1) is 0 Å². The van der Waals surface area contributed by atoms with Crippen LogP contribution < -0.4 is 0 Å². The van der Waals surface area contributed by atoms with Gasteiger partial charge in [0.2, 0.25) is 0 Å².